The zero-order chi connectivity index (χ0) is 12.7. The zero-order valence-electron chi connectivity index (χ0n) is 11.1. The predicted octanol–water partition coefficient (Wildman–Crippen LogP) is 1.05. The summed E-state index contributed by atoms with van der Waals surface area (Å²) in [4.78, 5) is 12.3. The molecule has 3 N–H and O–H groups in total. The number of nitrogens with two attached hydrogens (primary N) is 1. The van der Waals surface area contributed by atoms with E-state index in [9.17, 15) is 4.79 Å². The van der Waals surface area contributed by atoms with Crippen LogP contribution in [-0.4, -0.2) is 31.2 Å². The number of carbonyl (C=O) groups is 1. The van der Waals surface area contributed by atoms with Crippen molar-refractivity contribution in [3.8, 4) is 0 Å². The smallest absolute Gasteiger partial charge is 0.230 e. The van der Waals surface area contributed by atoms with E-state index < -0.39 is 5.41 Å². The van der Waals surface area contributed by atoms with Crippen LogP contribution in [0.1, 0.15) is 40.0 Å². The maximum Gasteiger partial charge on any atom is 0.230 e. The third-order valence-electron chi connectivity index (χ3n) is 4.34. The first-order valence-corrected chi connectivity index (χ1v) is 6.48. The monoisotopic (exact) mass is 240 g/mol. The molecular weight excluding hydrogens is 216 g/mol. The second-order valence-corrected chi connectivity index (χ2v) is 6.62. The van der Waals surface area contributed by atoms with Gasteiger partial charge in [0.1, 0.15) is 0 Å². The minimum atomic E-state index is -0.549. The molecule has 1 amide bonds. The van der Waals surface area contributed by atoms with Crippen molar-refractivity contribution in [1.82, 2.24) is 5.32 Å². The number of rotatable bonds is 2. The summed E-state index contributed by atoms with van der Waals surface area (Å²) in [5.41, 5.74) is 5.76. The lowest BCUT2D eigenvalue weighted by atomic mass is 9.84. The summed E-state index contributed by atoms with van der Waals surface area (Å²) < 4.78 is 5.31. The molecule has 2 fully saturated rings. The Kier molecular flexibility index (Phi) is 3.21. The number of hydrogen-bond donors (Lipinski definition) is 2. The fourth-order valence-corrected chi connectivity index (χ4v) is 2.83. The molecule has 2 aliphatic rings. The molecule has 1 heterocycles. The Morgan fingerprint density at radius 1 is 1.41 bits per heavy atom. The summed E-state index contributed by atoms with van der Waals surface area (Å²) in [5.74, 6) is 0.0604. The highest BCUT2D eigenvalue weighted by atomic mass is 16.5. The highest BCUT2D eigenvalue weighted by Crippen LogP contribution is 2.37. The lowest BCUT2D eigenvalue weighted by Gasteiger charge is -2.28. The third-order valence-corrected chi connectivity index (χ3v) is 4.34. The molecule has 2 rings (SSSR count). The highest BCUT2D eigenvalue weighted by Gasteiger charge is 2.45. The van der Waals surface area contributed by atoms with E-state index >= 15 is 0 Å². The summed E-state index contributed by atoms with van der Waals surface area (Å²) in [6.45, 7) is 7.34. The molecule has 3 atom stereocenters. The molecule has 3 unspecified atom stereocenters. The van der Waals surface area contributed by atoms with Gasteiger partial charge in [-0.25, -0.2) is 0 Å². The van der Waals surface area contributed by atoms with Crippen molar-refractivity contribution in [2.24, 2.45) is 16.6 Å². The Bertz CT molecular complexity index is 317. The predicted molar refractivity (Wildman–Crippen MR) is 66.5 cm³/mol. The van der Waals surface area contributed by atoms with E-state index in [4.69, 9.17) is 10.5 Å². The fraction of sp³-hybridized carbons (Fsp3) is 0.923. The molecule has 1 aliphatic heterocycles. The van der Waals surface area contributed by atoms with Crippen molar-refractivity contribution in [1.29, 1.82) is 0 Å². The van der Waals surface area contributed by atoms with Crippen LogP contribution in [0.4, 0.5) is 0 Å². The van der Waals surface area contributed by atoms with Crippen molar-refractivity contribution in [3.63, 3.8) is 0 Å². The molecule has 98 valence electrons. The minimum absolute atomic E-state index is 0.0604. The molecule has 1 saturated carbocycles. The quantitative estimate of drug-likeness (QED) is 0.758. The van der Waals surface area contributed by atoms with E-state index in [2.05, 4.69) is 19.2 Å². The molecule has 0 radical (unpaired) electrons. The summed E-state index contributed by atoms with van der Waals surface area (Å²) in [6.07, 6.45) is 3.31. The first kappa shape index (κ1) is 12.8. The molecule has 0 bridgehead atoms. The molecule has 0 aromatic carbocycles. The van der Waals surface area contributed by atoms with E-state index in [-0.39, 0.29) is 11.9 Å². The molecular formula is C13H24N2O2. The molecule has 1 saturated heterocycles. The summed E-state index contributed by atoms with van der Waals surface area (Å²) in [5, 5.41) is 3.15. The number of nitrogens with one attached hydrogen (secondary N) is 1. The van der Waals surface area contributed by atoms with Crippen LogP contribution in [0.5, 0.6) is 0 Å². The van der Waals surface area contributed by atoms with Gasteiger partial charge >= 0.3 is 0 Å². The summed E-state index contributed by atoms with van der Waals surface area (Å²) in [6, 6.07) is 0.124. The number of carbonyl (C=O) groups excluding carboxylic acids is 1. The second-order valence-electron chi connectivity index (χ2n) is 6.62. The van der Waals surface area contributed by atoms with Gasteiger partial charge in [0, 0.05) is 12.1 Å². The lowest BCUT2D eigenvalue weighted by molar-refractivity contribution is -0.131. The van der Waals surface area contributed by atoms with Crippen LogP contribution in [0.3, 0.4) is 0 Å². The van der Waals surface area contributed by atoms with Crippen LogP contribution >= 0.6 is 0 Å². The normalized spacial score (nSPS) is 40.5. The first-order chi connectivity index (χ1) is 7.83. The van der Waals surface area contributed by atoms with Gasteiger partial charge in [-0.2, -0.15) is 0 Å². The van der Waals surface area contributed by atoms with E-state index in [0.717, 1.165) is 12.8 Å². The van der Waals surface area contributed by atoms with Crippen molar-refractivity contribution in [2.45, 2.75) is 52.1 Å². The van der Waals surface area contributed by atoms with Gasteiger partial charge in [-0.1, -0.05) is 13.8 Å². The Hall–Kier alpha value is -0.610. The third kappa shape index (κ3) is 2.47. The minimum Gasteiger partial charge on any atom is -0.379 e. The largest absolute Gasteiger partial charge is 0.379 e. The summed E-state index contributed by atoms with van der Waals surface area (Å²) >= 11 is 0. The van der Waals surface area contributed by atoms with E-state index in [1.165, 1.54) is 6.42 Å². The summed E-state index contributed by atoms with van der Waals surface area (Å²) in [7, 11) is 0. The van der Waals surface area contributed by atoms with Crippen LogP contribution in [0.25, 0.3) is 0 Å². The molecule has 17 heavy (non-hydrogen) atoms. The van der Waals surface area contributed by atoms with Gasteiger partial charge < -0.3 is 15.8 Å². The Labute approximate surface area is 103 Å². The Morgan fingerprint density at radius 3 is 2.59 bits per heavy atom. The SMILES string of the molecule is CC1(C)CCC(NC(=O)C2(C)COCC2N)C1. The van der Waals surface area contributed by atoms with E-state index in [1.54, 1.807) is 0 Å². The molecule has 1 aliphatic carbocycles. The van der Waals surface area contributed by atoms with Gasteiger partial charge in [-0.15, -0.1) is 0 Å². The Morgan fingerprint density at radius 2 is 2.12 bits per heavy atom. The zero-order valence-corrected chi connectivity index (χ0v) is 11.1. The number of hydrogen-bond acceptors (Lipinski definition) is 3. The highest BCUT2D eigenvalue weighted by molar-refractivity contribution is 5.83. The molecule has 0 spiro atoms. The first-order valence-electron chi connectivity index (χ1n) is 6.48. The average molecular weight is 240 g/mol. The van der Waals surface area contributed by atoms with E-state index in [1.807, 2.05) is 6.92 Å². The van der Waals surface area contributed by atoms with Gasteiger partial charge in [0.25, 0.3) is 0 Å². The molecule has 0 aromatic heterocycles. The van der Waals surface area contributed by atoms with Crippen molar-refractivity contribution < 1.29 is 9.53 Å². The molecule has 4 heteroatoms. The van der Waals surface area contributed by atoms with Crippen LogP contribution in [0, 0.1) is 10.8 Å². The van der Waals surface area contributed by atoms with Crippen LogP contribution < -0.4 is 11.1 Å². The van der Waals surface area contributed by atoms with Crippen molar-refractivity contribution >= 4 is 5.91 Å². The standard InChI is InChI=1S/C13H24N2O2/c1-12(2)5-4-9(6-12)15-11(16)13(3)8-17-7-10(13)14/h9-10H,4-8,14H2,1-3H3,(H,15,16). The van der Waals surface area contributed by atoms with E-state index in [0.29, 0.717) is 24.7 Å². The van der Waals surface area contributed by atoms with Crippen molar-refractivity contribution in [3.05, 3.63) is 0 Å². The van der Waals surface area contributed by atoms with Gasteiger partial charge in [0.05, 0.1) is 18.6 Å². The van der Waals surface area contributed by atoms with Gasteiger partial charge in [0.2, 0.25) is 5.91 Å². The van der Waals surface area contributed by atoms with Gasteiger partial charge in [-0.3, -0.25) is 4.79 Å². The maximum atomic E-state index is 12.3. The van der Waals surface area contributed by atoms with Gasteiger partial charge in [0.15, 0.2) is 0 Å². The van der Waals surface area contributed by atoms with Crippen LogP contribution in [-0.2, 0) is 9.53 Å². The number of amides is 1. The fourth-order valence-electron chi connectivity index (χ4n) is 2.83. The van der Waals surface area contributed by atoms with Crippen LogP contribution in [0.2, 0.25) is 0 Å². The average Bonchev–Trinajstić information content (AvgIpc) is 2.72. The Balaban J connectivity index is 1.94. The lowest BCUT2D eigenvalue weighted by Crippen LogP contribution is -2.52. The maximum absolute atomic E-state index is 12.3. The second kappa shape index (κ2) is 4.25. The molecule has 4 nitrogen and oxygen atoms in total. The van der Waals surface area contributed by atoms with Gasteiger partial charge in [-0.05, 0) is 31.6 Å². The topological polar surface area (TPSA) is 64.3 Å². The van der Waals surface area contributed by atoms with Crippen LogP contribution in [0.15, 0.2) is 0 Å². The number of ether oxygens (including phenoxy) is 1. The molecule has 0 aromatic rings. The van der Waals surface area contributed by atoms with Crippen molar-refractivity contribution in [2.75, 3.05) is 13.2 Å².